The molecule has 1 amide bonds. The van der Waals surface area contributed by atoms with Gasteiger partial charge in [-0.2, -0.15) is 0 Å². The molecule has 0 aliphatic carbocycles. The molecule has 1 fully saturated rings. The number of hydrogen-bond acceptors (Lipinski definition) is 6. The molecule has 0 N–H and O–H groups in total. The van der Waals surface area contributed by atoms with Crippen molar-refractivity contribution in [2.24, 2.45) is 0 Å². The Balaban J connectivity index is 1.51. The van der Waals surface area contributed by atoms with Crippen LogP contribution >= 0.6 is 11.6 Å². The average Bonchev–Trinajstić information content (AvgIpc) is 3.29. The van der Waals surface area contributed by atoms with Gasteiger partial charge in [0.15, 0.2) is 0 Å². The molecule has 0 radical (unpaired) electrons. The molecule has 142 valence electrons. The number of anilines is 1. The van der Waals surface area contributed by atoms with E-state index in [0.717, 1.165) is 12.0 Å². The third kappa shape index (κ3) is 2.63. The Morgan fingerprint density at radius 1 is 1.04 bits per heavy atom. The average molecular weight is 398 g/mol. The van der Waals surface area contributed by atoms with Gasteiger partial charge in [0.1, 0.15) is 6.54 Å². The molecule has 1 aromatic heterocycles. The summed E-state index contributed by atoms with van der Waals surface area (Å²) in [6, 6.07) is 14.8. The van der Waals surface area contributed by atoms with E-state index in [4.69, 9.17) is 25.5 Å². The van der Waals surface area contributed by atoms with Crippen molar-refractivity contribution in [2.45, 2.75) is 18.8 Å². The zero-order valence-corrected chi connectivity index (χ0v) is 15.6. The van der Waals surface area contributed by atoms with Crippen molar-refractivity contribution < 1.29 is 18.7 Å². The van der Waals surface area contributed by atoms with Crippen LogP contribution in [-0.4, -0.2) is 29.3 Å². The van der Waals surface area contributed by atoms with Crippen molar-refractivity contribution in [3.05, 3.63) is 65.0 Å². The number of para-hydroxylation sites is 1. The molecule has 0 saturated carbocycles. The van der Waals surface area contributed by atoms with Gasteiger partial charge >= 0.3 is 0 Å². The summed E-state index contributed by atoms with van der Waals surface area (Å²) in [5.74, 6) is -1.11. The Labute approximate surface area is 165 Å². The number of halogens is 1. The van der Waals surface area contributed by atoms with Crippen LogP contribution < -0.4 is 4.90 Å². The van der Waals surface area contributed by atoms with Crippen LogP contribution in [0.2, 0.25) is 5.02 Å². The number of hydrogen-bond donors (Lipinski definition) is 0. The first-order valence-electron chi connectivity index (χ1n) is 8.96. The lowest BCUT2D eigenvalue weighted by Gasteiger charge is -2.32. The molecule has 0 unspecified atom stereocenters. The van der Waals surface area contributed by atoms with Gasteiger partial charge in [-0.05, 0) is 24.6 Å². The summed E-state index contributed by atoms with van der Waals surface area (Å²) in [6.45, 7) is 0.943. The molecule has 1 saturated heterocycles. The first-order chi connectivity index (χ1) is 13.7. The Hall–Kier alpha value is -2.74. The highest BCUT2D eigenvalue weighted by Crippen LogP contribution is 2.48. The van der Waals surface area contributed by atoms with Gasteiger partial charge in [-0.3, -0.25) is 9.69 Å². The number of nitrogens with zero attached hydrogens (tertiary/aromatic N) is 3. The van der Waals surface area contributed by atoms with Crippen LogP contribution in [0.4, 0.5) is 5.69 Å². The molecule has 0 atom stereocenters. The second kappa shape index (κ2) is 6.70. The smallest absolute Gasteiger partial charge is 0.293 e. The van der Waals surface area contributed by atoms with Gasteiger partial charge < -0.3 is 13.9 Å². The lowest BCUT2D eigenvalue weighted by molar-refractivity contribution is -0.256. The number of carbonyl (C=O) groups excluding carboxylic acids is 1. The van der Waals surface area contributed by atoms with Gasteiger partial charge in [-0.1, -0.05) is 41.9 Å². The number of amides is 1. The van der Waals surface area contributed by atoms with Crippen LogP contribution in [0.1, 0.15) is 17.9 Å². The van der Waals surface area contributed by atoms with Crippen LogP contribution in [-0.2, 0) is 26.6 Å². The molecule has 8 heteroatoms. The topological polar surface area (TPSA) is 77.7 Å². The van der Waals surface area contributed by atoms with Crippen LogP contribution in [0.3, 0.4) is 0 Å². The largest absolute Gasteiger partial charge is 0.419 e. The van der Waals surface area contributed by atoms with Gasteiger partial charge in [0.05, 0.1) is 23.9 Å². The SMILES string of the molecule is O=C1N(Cc2nnc(-c3ccccc3)o2)c2c(Cl)cccc2C12OCCCO2. The fourth-order valence-corrected chi connectivity index (χ4v) is 3.84. The Morgan fingerprint density at radius 2 is 1.82 bits per heavy atom. The molecule has 2 aliphatic heterocycles. The van der Waals surface area contributed by atoms with E-state index in [1.165, 1.54) is 4.90 Å². The third-order valence-corrected chi connectivity index (χ3v) is 5.12. The van der Waals surface area contributed by atoms with Crippen molar-refractivity contribution in [3.8, 4) is 11.5 Å². The Bertz CT molecular complexity index is 1030. The summed E-state index contributed by atoms with van der Waals surface area (Å²) in [6.07, 6.45) is 0.731. The van der Waals surface area contributed by atoms with Crippen LogP contribution in [0.5, 0.6) is 0 Å². The first kappa shape index (κ1) is 17.4. The summed E-state index contributed by atoms with van der Waals surface area (Å²) >= 11 is 6.43. The summed E-state index contributed by atoms with van der Waals surface area (Å²) in [5, 5.41) is 8.61. The predicted octanol–water partition coefficient (Wildman–Crippen LogP) is 3.53. The maximum Gasteiger partial charge on any atom is 0.293 e. The number of fused-ring (bicyclic) bond motifs is 2. The maximum absolute atomic E-state index is 13.3. The predicted molar refractivity (Wildman–Crippen MR) is 101 cm³/mol. The highest BCUT2D eigenvalue weighted by atomic mass is 35.5. The summed E-state index contributed by atoms with van der Waals surface area (Å²) in [4.78, 5) is 14.8. The minimum atomic E-state index is -1.46. The molecule has 2 aliphatic rings. The lowest BCUT2D eigenvalue weighted by atomic mass is 10.1. The van der Waals surface area contributed by atoms with E-state index < -0.39 is 5.79 Å². The van der Waals surface area contributed by atoms with Crippen molar-refractivity contribution in [3.63, 3.8) is 0 Å². The normalized spacial score (nSPS) is 17.9. The second-order valence-corrected chi connectivity index (χ2v) is 6.97. The quantitative estimate of drug-likeness (QED) is 0.672. The molecule has 7 nitrogen and oxygen atoms in total. The molecule has 28 heavy (non-hydrogen) atoms. The standard InChI is InChI=1S/C20H16ClN3O4/c21-15-9-4-8-14-17(15)24(19(25)20(14)26-10-5-11-27-20)12-16-22-23-18(28-16)13-6-2-1-3-7-13/h1-4,6-9H,5,10-12H2. The van der Waals surface area contributed by atoms with E-state index >= 15 is 0 Å². The molecule has 0 bridgehead atoms. The van der Waals surface area contributed by atoms with Crippen molar-refractivity contribution >= 4 is 23.2 Å². The zero-order valence-electron chi connectivity index (χ0n) is 14.8. The van der Waals surface area contributed by atoms with Gasteiger partial charge in [-0.25, -0.2) is 0 Å². The maximum atomic E-state index is 13.3. The molecule has 5 rings (SSSR count). The molecule has 3 aromatic rings. The third-order valence-electron chi connectivity index (χ3n) is 4.82. The van der Waals surface area contributed by atoms with Crippen molar-refractivity contribution in [1.29, 1.82) is 0 Å². The van der Waals surface area contributed by atoms with Gasteiger partial charge in [0, 0.05) is 11.1 Å². The van der Waals surface area contributed by atoms with E-state index in [9.17, 15) is 4.79 Å². The van der Waals surface area contributed by atoms with E-state index in [1.807, 2.05) is 30.3 Å². The highest BCUT2D eigenvalue weighted by molar-refractivity contribution is 6.34. The minimum Gasteiger partial charge on any atom is -0.419 e. The summed E-state index contributed by atoms with van der Waals surface area (Å²) in [5.41, 5.74) is 1.96. The molecule has 2 aromatic carbocycles. The van der Waals surface area contributed by atoms with Crippen LogP contribution in [0.15, 0.2) is 52.9 Å². The number of benzene rings is 2. The number of ether oxygens (including phenoxy) is 2. The fourth-order valence-electron chi connectivity index (χ4n) is 3.56. The zero-order chi connectivity index (χ0) is 19.1. The Morgan fingerprint density at radius 3 is 2.61 bits per heavy atom. The molecule has 1 spiro atoms. The van der Waals surface area contributed by atoms with Crippen LogP contribution in [0.25, 0.3) is 11.5 Å². The molecule has 3 heterocycles. The number of carbonyl (C=O) groups is 1. The molecular weight excluding hydrogens is 382 g/mol. The van der Waals surface area contributed by atoms with Gasteiger partial charge in [-0.15, -0.1) is 10.2 Å². The van der Waals surface area contributed by atoms with E-state index in [0.29, 0.717) is 41.3 Å². The van der Waals surface area contributed by atoms with Gasteiger partial charge in [0.25, 0.3) is 11.7 Å². The number of rotatable bonds is 3. The van der Waals surface area contributed by atoms with E-state index in [2.05, 4.69) is 10.2 Å². The molecular formula is C20H16ClN3O4. The second-order valence-electron chi connectivity index (χ2n) is 6.56. The lowest BCUT2D eigenvalue weighted by Crippen LogP contribution is -2.47. The fraction of sp³-hybridized carbons (Fsp3) is 0.250. The first-order valence-corrected chi connectivity index (χ1v) is 9.33. The summed E-state index contributed by atoms with van der Waals surface area (Å²) < 4.78 is 17.4. The van der Waals surface area contributed by atoms with Crippen molar-refractivity contribution in [2.75, 3.05) is 18.1 Å². The van der Waals surface area contributed by atoms with Crippen molar-refractivity contribution in [1.82, 2.24) is 10.2 Å². The minimum absolute atomic E-state index is 0.0733. The highest BCUT2D eigenvalue weighted by Gasteiger charge is 2.55. The van der Waals surface area contributed by atoms with E-state index in [-0.39, 0.29) is 12.5 Å². The monoisotopic (exact) mass is 397 g/mol. The summed E-state index contributed by atoms with van der Waals surface area (Å²) in [7, 11) is 0. The van der Waals surface area contributed by atoms with E-state index in [1.54, 1.807) is 18.2 Å². The van der Waals surface area contributed by atoms with Crippen LogP contribution in [0, 0.1) is 0 Å². The van der Waals surface area contributed by atoms with Gasteiger partial charge in [0.2, 0.25) is 11.8 Å². The Kier molecular flexibility index (Phi) is 4.16. The number of aromatic nitrogens is 2.